The summed E-state index contributed by atoms with van der Waals surface area (Å²) in [4.78, 5) is 0. The summed E-state index contributed by atoms with van der Waals surface area (Å²) in [6.45, 7) is 3.41. The Morgan fingerprint density at radius 2 is 0.875 bits per heavy atom. The van der Waals surface area contributed by atoms with E-state index in [1.54, 1.807) is 7.11 Å². The normalized spacial score (nSPS) is 36.3. The number of aliphatic hydroxyl groups excluding tert-OH is 7. The molecule has 3 saturated heterocycles. The fourth-order valence-electron chi connectivity index (χ4n) is 7.68. The van der Waals surface area contributed by atoms with Crippen LogP contribution in [0, 0.1) is 29.6 Å². The van der Waals surface area contributed by atoms with Crippen molar-refractivity contribution in [1.29, 1.82) is 0 Å². The number of aliphatic hydroxyl groups is 7. The highest BCUT2D eigenvalue weighted by Gasteiger charge is 2.55. The molecule has 0 amide bonds. The first kappa shape index (κ1) is 51.4. The molecule has 0 aromatic rings. The van der Waals surface area contributed by atoms with E-state index in [1.165, 1.54) is 21.3 Å². The van der Waals surface area contributed by atoms with E-state index in [9.17, 15) is 35.7 Å². The summed E-state index contributed by atoms with van der Waals surface area (Å²) >= 11 is 0. The van der Waals surface area contributed by atoms with Crippen molar-refractivity contribution in [3.63, 3.8) is 0 Å². The topological polar surface area (TPSA) is 252 Å². The molecule has 19 nitrogen and oxygen atoms in total. The lowest BCUT2D eigenvalue weighted by molar-refractivity contribution is -0.380. The Bertz CT molecular complexity index is 955. The fourth-order valence-corrected chi connectivity index (χ4v) is 7.68. The Morgan fingerprint density at radius 3 is 1.36 bits per heavy atom. The van der Waals surface area contributed by atoms with E-state index in [2.05, 4.69) is 0 Å². The molecule has 7 N–H and O–H groups in total. The van der Waals surface area contributed by atoms with E-state index in [1.807, 2.05) is 13.8 Å². The molecule has 0 radical (unpaired) electrons. The average Bonchev–Trinajstić information content (AvgIpc) is 3.21. The van der Waals surface area contributed by atoms with Crippen LogP contribution in [0.4, 0.5) is 0 Å². The molecule has 0 aromatic carbocycles. The van der Waals surface area contributed by atoms with Crippen LogP contribution in [-0.4, -0.2) is 218 Å². The second kappa shape index (κ2) is 29.5. The van der Waals surface area contributed by atoms with Crippen LogP contribution in [0.5, 0.6) is 0 Å². The quantitative estimate of drug-likeness (QED) is 0.0449. The second-order valence-electron chi connectivity index (χ2n) is 13.5. The maximum Gasteiger partial charge on any atom is 0.187 e. The Hall–Kier alpha value is -0.760. The van der Waals surface area contributed by atoms with Gasteiger partial charge in [0.15, 0.2) is 18.9 Å². The average molecular weight is 821 g/mol. The molecule has 334 valence electrons. The summed E-state index contributed by atoms with van der Waals surface area (Å²) in [6.07, 6.45) is -9.34. The van der Waals surface area contributed by atoms with E-state index < -0.39 is 104 Å². The van der Waals surface area contributed by atoms with Gasteiger partial charge in [-0.25, -0.2) is 0 Å². The molecule has 3 aliphatic heterocycles. The van der Waals surface area contributed by atoms with E-state index in [0.29, 0.717) is 26.4 Å². The van der Waals surface area contributed by atoms with Gasteiger partial charge >= 0.3 is 0 Å². The van der Waals surface area contributed by atoms with Crippen molar-refractivity contribution in [3.05, 3.63) is 0 Å². The molecule has 56 heavy (non-hydrogen) atoms. The van der Waals surface area contributed by atoms with Gasteiger partial charge in [0.1, 0.15) is 18.3 Å². The standard InChI is InChI=1S/C35H66O19.C2H6/c1-43-9-10-47-11-12-48-13-14-49-33-31(24(18-41)22(16-39)26(50-33)5-7-36)54-35-32(46-4)29(25(19-42)28(52-35)20-44-2)53-34-30(45-3)23(17-40)21(15-38)27(51-34)6-8-37;1-2/h21-42H,5-20H2,1-4H3;1-2H3/t21-,22-,23-,24-,25+,26?,27?,28?,29-,30?,31?,32?,33-,34+,35+;/m0./s1. The second-order valence-corrected chi connectivity index (χ2v) is 13.5. The van der Waals surface area contributed by atoms with E-state index in [0.717, 1.165) is 0 Å². The van der Waals surface area contributed by atoms with Crippen LogP contribution in [0.3, 0.4) is 0 Å². The highest BCUT2D eigenvalue weighted by Crippen LogP contribution is 2.41. The Labute approximate surface area is 331 Å². The molecule has 0 spiro atoms. The van der Waals surface area contributed by atoms with Crippen molar-refractivity contribution in [2.45, 2.75) is 88.3 Å². The van der Waals surface area contributed by atoms with Gasteiger partial charge in [0.2, 0.25) is 0 Å². The third-order valence-corrected chi connectivity index (χ3v) is 10.5. The molecule has 6 unspecified atom stereocenters. The van der Waals surface area contributed by atoms with Crippen molar-refractivity contribution < 1.29 is 92.6 Å². The summed E-state index contributed by atoms with van der Waals surface area (Å²) in [6, 6.07) is 0. The lowest BCUT2D eigenvalue weighted by Crippen LogP contribution is -2.64. The Morgan fingerprint density at radius 1 is 0.429 bits per heavy atom. The number of hydrogen-bond acceptors (Lipinski definition) is 19. The highest BCUT2D eigenvalue weighted by molar-refractivity contribution is 4.97. The van der Waals surface area contributed by atoms with Crippen LogP contribution in [0.25, 0.3) is 0 Å². The Balaban J connectivity index is 0.00000532. The maximum atomic E-state index is 10.7. The maximum absolute atomic E-state index is 10.7. The predicted octanol–water partition coefficient (Wildman–Crippen LogP) is -1.86. The Kier molecular flexibility index (Phi) is 27.0. The molecule has 3 rings (SSSR count). The van der Waals surface area contributed by atoms with Gasteiger partial charge in [0, 0.05) is 97.7 Å². The third-order valence-electron chi connectivity index (χ3n) is 10.5. The molecule has 3 fully saturated rings. The predicted molar refractivity (Wildman–Crippen MR) is 196 cm³/mol. The minimum atomic E-state index is -1.25. The zero-order valence-electron chi connectivity index (χ0n) is 34.0. The summed E-state index contributed by atoms with van der Waals surface area (Å²) in [5, 5.41) is 71.9. The van der Waals surface area contributed by atoms with Crippen LogP contribution in [0.2, 0.25) is 0 Å². The lowest BCUT2D eigenvalue weighted by atomic mass is 9.80. The molecule has 0 aliphatic carbocycles. The number of hydrogen-bond donors (Lipinski definition) is 7. The summed E-state index contributed by atoms with van der Waals surface area (Å²) < 4.78 is 71.5. The van der Waals surface area contributed by atoms with Crippen LogP contribution >= 0.6 is 0 Å². The molecule has 3 heterocycles. The first-order valence-electron chi connectivity index (χ1n) is 19.7. The molecule has 19 heteroatoms. The molecule has 0 saturated carbocycles. The smallest absolute Gasteiger partial charge is 0.187 e. The number of rotatable bonds is 27. The van der Waals surface area contributed by atoms with Gasteiger partial charge < -0.3 is 92.6 Å². The largest absolute Gasteiger partial charge is 0.396 e. The van der Waals surface area contributed by atoms with Crippen LogP contribution < -0.4 is 0 Å². The summed E-state index contributed by atoms with van der Waals surface area (Å²) in [7, 11) is 5.90. The molecule has 3 aliphatic rings. The van der Waals surface area contributed by atoms with Crippen LogP contribution in [0.1, 0.15) is 26.7 Å². The highest BCUT2D eigenvalue weighted by atomic mass is 16.8. The van der Waals surface area contributed by atoms with Gasteiger partial charge in [-0.05, 0) is 12.8 Å². The van der Waals surface area contributed by atoms with Gasteiger partial charge in [-0.2, -0.15) is 0 Å². The molecular weight excluding hydrogens is 748 g/mol. The van der Waals surface area contributed by atoms with E-state index in [4.69, 9.17) is 56.8 Å². The van der Waals surface area contributed by atoms with Gasteiger partial charge in [0.25, 0.3) is 0 Å². The van der Waals surface area contributed by atoms with Gasteiger partial charge in [-0.15, -0.1) is 0 Å². The van der Waals surface area contributed by atoms with E-state index in [-0.39, 0.29) is 65.7 Å². The van der Waals surface area contributed by atoms with Gasteiger partial charge in [0.05, 0.1) is 77.3 Å². The molecule has 0 aromatic heterocycles. The number of ether oxygens (including phenoxy) is 12. The third kappa shape index (κ3) is 14.2. The van der Waals surface area contributed by atoms with E-state index >= 15 is 0 Å². The van der Waals surface area contributed by atoms with Crippen molar-refractivity contribution in [3.8, 4) is 0 Å². The zero-order chi connectivity index (χ0) is 41.5. The SMILES string of the molecule is CC.COCCOCCOCCO[C@H]1OC(CCO)[C@@H](CO)[C@H](CO)C1O[C@H]1OC(COC)[C@@H](CO)[C@H](O[C@H]2OC(CCO)[C@@H](CO)[C@H](CO)C2OC)C1OC. The van der Waals surface area contributed by atoms with Gasteiger partial charge in [-0.3, -0.25) is 0 Å². The van der Waals surface area contributed by atoms with Crippen molar-refractivity contribution in [2.24, 2.45) is 29.6 Å². The minimum absolute atomic E-state index is 0.00842. The first-order chi connectivity index (χ1) is 27.4. The van der Waals surface area contributed by atoms with Crippen molar-refractivity contribution in [1.82, 2.24) is 0 Å². The van der Waals surface area contributed by atoms with Crippen molar-refractivity contribution in [2.75, 3.05) is 121 Å². The molecule has 0 bridgehead atoms. The number of methoxy groups -OCH3 is 4. The first-order valence-corrected chi connectivity index (χ1v) is 19.7. The van der Waals surface area contributed by atoms with Crippen LogP contribution in [0.15, 0.2) is 0 Å². The minimum Gasteiger partial charge on any atom is -0.396 e. The van der Waals surface area contributed by atoms with Crippen molar-refractivity contribution >= 4 is 0 Å². The molecule has 15 atom stereocenters. The lowest BCUT2D eigenvalue weighted by Gasteiger charge is -2.51. The van der Waals surface area contributed by atoms with Crippen LogP contribution in [-0.2, 0) is 56.8 Å². The fraction of sp³-hybridized carbons (Fsp3) is 1.00. The zero-order valence-corrected chi connectivity index (χ0v) is 34.0. The van der Waals surface area contributed by atoms with Gasteiger partial charge in [-0.1, -0.05) is 13.8 Å². The summed E-state index contributed by atoms with van der Waals surface area (Å²) in [5.41, 5.74) is 0. The molecular formula is C37H72O19. The monoisotopic (exact) mass is 820 g/mol. The summed E-state index contributed by atoms with van der Waals surface area (Å²) in [5.74, 6) is -3.34.